The lowest BCUT2D eigenvalue weighted by molar-refractivity contribution is 0.0513. The predicted molar refractivity (Wildman–Crippen MR) is 119 cm³/mol. The Morgan fingerprint density at radius 3 is 2.74 bits per heavy atom. The Morgan fingerprint density at radius 2 is 2.11 bits per heavy atom. The van der Waals surface area contributed by atoms with Gasteiger partial charge < -0.3 is 20.1 Å². The number of nitrogens with one attached hydrogen (secondary N) is 2. The summed E-state index contributed by atoms with van der Waals surface area (Å²) in [6.45, 7) is 2.37. The van der Waals surface area contributed by atoms with Crippen LogP contribution in [0.1, 0.15) is 37.7 Å². The zero-order valence-electron chi connectivity index (χ0n) is 15.7. The van der Waals surface area contributed by atoms with Crippen molar-refractivity contribution in [2.75, 3.05) is 26.8 Å². The van der Waals surface area contributed by atoms with Gasteiger partial charge in [0.1, 0.15) is 0 Å². The molecule has 0 saturated carbocycles. The summed E-state index contributed by atoms with van der Waals surface area (Å²) in [6.07, 6.45) is 6.17. The molecule has 3 heterocycles. The van der Waals surface area contributed by atoms with Crippen molar-refractivity contribution in [1.29, 1.82) is 0 Å². The van der Waals surface area contributed by atoms with Crippen LogP contribution in [0.5, 0.6) is 0 Å². The van der Waals surface area contributed by atoms with Crippen LogP contribution in [-0.4, -0.2) is 51.0 Å². The lowest BCUT2D eigenvalue weighted by Crippen LogP contribution is -2.51. The van der Waals surface area contributed by atoms with Gasteiger partial charge in [0.2, 0.25) is 0 Å². The summed E-state index contributed by atoms with van der Waals surface area (Å²) in [7, 11) is 1.83. The van der Waals surface area contributed by atoms with Crippen LogP contribution in [0.3, 0.4) is 0 Å². The van der Waals surface area contributed by atoms with Crippen molar-refractivity contribution in [3.05, 3.63) is 34.9 Å². The highest BCUT2D eigenvalue weighted by Crippen LogP contribution is 2.36. The monoisotopic (exact) mass is 505 g/mol. The first-order chi connectivity index (χ1) is 12.7. The van der Waals surface area contributed by atoms with E-state index in [9.17, 15) is 0 Å². The molecule has 0 aromatic heterocycles. The van der Waals surface area contributed by atoms with Gasteiger partial charge >= 0.3 is 0 Å². The van der Waals surface area contributed by atoms with Crippen molar-refractivity contribution in [3.8, 4) is 0 Å². The second kappa shape index (κ2) is 9.29. The van der Waals surface area contributed by atoms with Gasteiger partial charge in [0, 0.05) is 37.2 Å². The van der Waals surface area contributed by atoms with E-state index in [2.05, 4.69) is 27.8 Å². The summed E-state index contributed by atoms with van der Waals surface area (Å²) in [4.78, 5) is 4.44. The number of aliphatic imine (C=N–C) groups is 1. The van der Waals surface area contributed by atoms with Crippen LogP contribution < -0.4 is 10.6 Å². The Balaban J connectivity index is 0.00000210. The number of rotatable bonds is 4. The van der Waals surface area contributed by atoms with Crippen molar-refractivity contribution >= 4 is 41.5 Å². The number of halogens is 2. The molecule has 2 N–H and O–H groups in total. The van der Waals surface area contributed by atoms with Gasteiger partial charge in [-0.15, -0.1) is 24.0 Å². The van der Waals surface area contributed by atoms with Gasteiger partial charge in [0.05, 0.1) is 18.2 Å². The molecule has 1 aromatic rings. The molecule has 3 aliphatic heterocycles. The summed E-state index contributed by atoms with van der Waals surface area (Å²) >= 11 is 6.26. The third-order valence-corrected chi connectivity index (χ3v) is 6.37. The number of guanidine groups is 1. The highest BCUT2D eigenvalue weighted by molar-refractivity contribution is 14.0. The third kappa shape index (κ3) is 4.71. The zero-order valence-corrected chi connectivity index (χ0v) is 18.8. The molecule has 3 saturated heterocycles. The lowest BCUT2D eigenvalue weighted by Gasteiger charge is -2.38. The minimum absolute atomic E-state index is 0. The van der Waals surface area contributed by atoms with Crippen molar-refractivity contribution in [2.24, 2.45) is 4.99 Å². The van der Waals surface area contributed by atoms with Gasteiger partial charge in [-0.1, -0.05) is 23.7 Å². The Labute approximate surface area is 183 Å². The fraction of sp³-hybridized carbons (Fsp3) is 0.650. The maximum Gasteiger partial charge on any atom is 0.191 e. The van der Waals surface area contributed by atoms with Gasteiger partial charge in [0.15, 0.2) is 5.96 Å². The first-order valence-corrected chi connectivity index (χ1v) is 10.0. The van der Waals surface area contributed by atoms with Crippen molar-refractivity contribution in [3.63, 3.8) is 0 Å². The topological polar surface area (TPSA) is 54.9 Å². The number of ether oxygens (including phenoxy) is 2. The summed E-state index contributed by atoms with van der Waals surface area (Å²) in [5, 5.41) is 7.93. The Morgan fingerprint density at radius 1 is 1.30 bits per heavy atom. The molecule has 27 heavy (non-hydrogen) atoms. The van der Waals surface area contributed by atoms with Gasteiger partial charge in [-0.05, 0) is 49.8 Å². The predicted octanol–water partition coefficient (Wildman–Crippen LogP) is 3.49. The molecule has 0 aliphatic carbocycles. The highest BCUT2D eigenvalue weighted by Gasteiger charge is 2.41. The number of benzene rings is 1. The van der Waals surface area contributed by atoms with Gasteiger partial charge in [0.25, 0.3) is 0 Å². The molecule has 7 heteroatoms. The molecule has 3 unspecified atom stereocenters. The Hall–Kier alpha value is -0.570. The molecule has 0 radical (unpaired) electrons. The number of hydrogen-bond donors (Lipinski definition) is 2. The summed E-state index contributed by atoms with van der Waals surface area (Å²) < 4.78 is 11.6. The molecule has 3 atom stereocenters. The fourth-order valence-electron chi connectivity index (χ4n) is 4.56. The first-order valence-electron chi connectivity index (χ1n) is 9.65. The maximum atomic E-state index is 6.26. The third-order valence-electron chi connectivity index (χ3n) is 6.13. The van der Waals surface area contributed by atoms with Gasteiger partial charge in [-0.3, -0.25) is 4.99 Å². The van der Waals surface area contributed by atoms with Crippen LogP contribution in [0.2, 0.25) is 5.02 Å². The van der Waals surface area contributed by atoms with Crippen LogP contribution >= 0.6 is 35.6 Å². The minimum Gasteiger partial charge on any atom is -0.381 e. The van der Waals surface area contributed by atoms with E-state index in [1.54, 1.807) is 0 Å². The second-order valence-corrected chi connectivity index (χ2v) is 8.13. The Kier molecular flexibility index (Phi) is 7.27. The van der Waals surface area contributed by atoms with Crippen molar-refractivity contribution in [2.45, 2.75) is 55.8 Å². The molecule has 2 bridgehead atoms. The number of nitrogens with zero attached hydrogens (tertiary/aromatic N) is 1. The van der Waals surface area contributed by atoms with E-state index < -0.39 is 0 Å². The van der Waals surface area contributed by atoms with Crippen LogP contribution in [0.25, 0.3) is 0 Å². The van der Waals surface area contributed by atoms with E-state index >= 15 is 0 Å². The van der Waals surface area contributed by atoms with Gasteiger partial charge in [-0.2, -0.15) is 0 Å². The summed E-state index contributed by atoms with van der Waals surface area (Å²) in [6, 6.07) is 8.61. The minimum atomic E-state index is 0. The molecular formula is C20H29ClIN3O2. The molecular weight excluding hydrogens is 477 g/mol. The van der Waals surface area contributed by atoms with Crippen LogP contribution in [0.15, 0.2) is 29.3 Å². The number of fused-ring (bicyclic) bond motifs is 2. The van der Waals surface area contributed by atoms with Crippen LogP contribution in [-0.2, 0) is 14.9 Å². The average molecular weight is 506 g/mol. The molecule has 150 valence electrons. The SMILES string of the molecule is CN=C(NCC1(c2cccc(Cl)c2)CCOCC1)NC1CC2CCC1O2.I. The van der Waals surface area contributed by atoms with E-state index in [0.717, 1.165) is 56.4 Å². The fourth-order valence-corrected chi connectivity index (χ4v) is 4.75. The smallest absolute Gasteiger partial charge is 0.191 e. The lowest BCUT2D eigenvalue weighted by atomic mass is 9.74. The Bertz CT molecular complexity index is 666. The number of hydrogen-bond acceptors (Lipinski definition) is 3. The van der Waals surface area contributed by atoms with Gasteiger partial charge in [-0.25, -0.2) is 0 Å². The quantitative estimate of drug-likeness (QED) is 0.374. The average Bonchev–Trinajstić information content (AvgIpc) is 3.29. The first kappa shape index (κ1) is 21.1. The molecule has 5 nitrogen and oxygen atoms in total. The highest BCUT2D eigenvalue weighted by atomic mass is 127. The molecule has 4 rings (SSSR count). The van der Waals surface area contributed by atoms with E-state index in [1.807, 2.05) is 19.2 Å². The largest absolute Gasteiger partial charge is 0.381 e. The molecule has 3 fully saturated rings. The molecule has 3 aliphatic rings. The normalized spacial score (nSPS) is 29.3. The molecule has 1 aromatic carbocycles. The van der Waals surface area contributed by atoms with Crippen molar-refractivity contribution < 1.29 is 9.47 Å². The van der Waals surface area contributed by atoms with Crippen molar-refractivity contribution in [1.82, 2.24) is 10.6 Å². The molecule has 0 spiro atoms. The van der Waals surface area contributed by atoms with Crippen LogP contribution in [0, 0.1) is 0 Å². The second-order valence-electron chi connectivity index (χ2n) is 7.69. The van der Waals surface area contributed by atoms with E-state index in [-0.39, 0.29) is 29.4 Å². The standard InChI is InChI=1S/C20H28ClN3O2.HI/c1-22-19(24-17-12-16-5-6-18(17)26-16)23-13-20(7-9-25-10-8-20)14-3-2-4-15(21)11-14;/h2-4,11,16-18H,5-10,12-13H2,1H3,(H2,22,23,24);1H. The van der Waals surface area contributed by atoms with E-state index in [1.165, 1.54) is 12.0 Å². The maximum absolute atomic E-state index is 6.26. The van der Waals surface area contributed by atoms with Crippen LogP contribution in [0.4, 0.5) is 0 Å². The van der Waals surface area contributed by atoms with E-state index in [4.69, 9.17) is 21.1 Å². The summed E-state index contributed by atoms with van der Waals surface area (Å²) in [5.74, 6) is 0.860. The zero-order chi connectivity index (χ0) is 18.0. The van der Waals surface area contributed by atoms with E-state index in [0.29, 0.717) is 18.2 Å². The molecule has 0 amide bonds. The summed E-state index contributed by atoms with van der Waals surface area (Å²) in [5.41, 5.74) is 1.30.